The molecule has 19 heavy (non-hydrogen) atoms. The summed E-state index contributed by atoms with van der Waals surface area (Å²) in [6.45, 7) is 8.57. The maximum absolute atomic E-state index is 5.30. The molecule has 1 aliphatic rings. The van der Waals surface area contributed by atoms with Gasteiger partial charge in [0.1, 0.15) is 11.9 Å². The van der Waals surface area contributed by atoms with E-state index in [1.165, 1.54) is 0 Å². The zero-order chi connectivity index (χ0) is 14.0. The van der Waals surface area contributed by atoms with Crippen molar-refractivity contribution in [2.75, 3.05) is 32.1 Å². The number of hydrogen-bond donors (Lipinski definition) is 0. The molecule has 1 aromatic rings. The first-order valence-electron chi connectivity index (χ1n) is 6.85. The van der Waals surface area contributed by atoms with Crippen LogP contribution in [0.5, 0.6) is 0 Å². The zero-order valence-corrected chi connectivity index (χ0v) is 12.5. The van der Waals surface area contributed by atoms with Crippen molar-refractivity contribution in [2.45, 2.75) is 39.0 Å². The molecule has 0 aromatic carbocycles. The minimum absolute atomic E-state index is 0.0713. The van der Waals surface area contributed by atoms with Crippen molar-refractivity contribution < 1.29 is 4.74 Å². The highest BCUT2D eigenvalue weighted by molar-refractivity contribution is 5.41. The molecule has 1 saturated heterocycles. The van der Waals surface area contributed by atoms with Crippen molar-refractivity contribution in [3.8, 4) is 0 Å². The molecule has 0 amide bonds. The third-order valence-corrected chi connectivity index (χ3v) is 3.74. The molecule has 5 nitrogen and oxygen atoms in total. The third-order valence-electron chi connectivity index (χ3n) is 3.74. The second-order valence-corrected chi connectivity index (χ2v) is 5.48. The lowest BCUT2D eigenvalue weighted by Crippen LogP contribution is -2.56. The van der Waals surface area contributed by atoms with E-state index in [2.05, 4.69) is 40.7 Å². The summed E-state index contributed by atoms with van der Waals surface area (Å²) in [7, 11) is 3.85. The van der Waals surface area contributed by atoms with Gasteiger partial charge in [0.05, 0.1) is 0 Å². The average Bonchev–Trinajstić information content (AvgIpc) is 2.37. The minimum Gasteiger partial charge on any atom is -0.374 e. The summed E-state index contributed by atoms with van der Waals surface area (Å²) in [6, 6.07) is 2.90. The standard InChI is InChI=1S/C14H24N4O/c1-10-8-17(4)9-11(2)18(10)13-6-7-15-14(16-13)12(3)19-5/h6-7,10-12H,8-9H2,1-5H3. The highest BCUT2D eigenvalue weighted by Gasteiger charge is 2.29. The lowest BCUT2D eigenvalue weighted by molar-refractivity contribution is 0.112. The molecule has 3 unspecified atom stereocenters. The van der Waals surface area contributed by atoms with Crippen LogP contribution in [0.3, 0.4) is 0 Å². The van der Waals surface area contributed by atoms with E-state index in [0.717, 1.165) is 24.7 Å². The molecule has 2 rings (SSSR count). The fraction of sp³-hybridized carbons (Fsp3) is 0.714. The summed E-state index contributed by atoms with van der Waals surface area (Å²) < 4.78 is 5.30. The predicted molar refractivity (Wildman–Crippen MR) is 76.4 cm³/mol. The molecule has 3 atom stereocenters. The first-order chi connectivity index (χ1) is 9.02. The van der Waals surface area contributed by atoms with Gasteiger partial charge in [-0.3, -0.25) is 0 Å². The summed E-state index contributed by atoms with van der Waals surface area (Å²) in [4.78, 5) is 13.7. The van der Waals surface area contributed by atoms with Gasteiger partial charge in [-0.05, 0) is 33.9 Å². The topological polar surface area (TPSA) is 41.5 Å². The minimum atomic E-state index is -0.0713. The molecule has 1 aromatic heterocycles. The average molecular weight is 264 g/mol. The largest absolute Gasteiger partial charge is 0.374 e. The van der Waals surface area contributed by atoms with Crippen LogP contribution in [-0.4, -0.2) is 54.2 Å². The van der Waals surface area contributed by atoms with Crippen LogP contribution < -0.4 is 4.90 Å². The number of aromatic nitrogens is 2. The Hall–Kier alpha value is -1.20. The van der Waals surface area contributed by atoms with Crippen LogP contribution in [0.1, 0.15) is 32.7 Å². The predicted octanol–water partition coefficient (Wildman–Crippen LogP) is 1.71. The number of ether oxygens (including phenoxy) is 1. The maximum atomic E-state index is 5.30. The lowest BCUT2D eigenvalue weighted by Gasteiger charge is -2.44. The molecule has 106 valence electrons. The Bertz CT molecular complexity index is 414. The van der Waals surface area contributed by atoms with Crippen LogP contribution in [0.25, 0.3) is 0 Å². The van der Waals surface area contributed by atoms with Crippen molar-refractivity contribution in [3.05, 3.63) is 18.1 Å². The molecule has 0 spiro atoms. The second kappa shape index (κ2) is 5.84. The van der Waals surface area contributed by atoms with Gasteiger partial charge >= 0.3 is 0 Å². The van der Waals surface area contributed by atoms with Gasteiger partial charge in [0.25, 0.3) is 0 Å². The first-order valence-corrected chi connectivity index (χ1v) is 6.85. The van der Waals surface area contributed by atoms with Crippen molar-refractivity contribution in [2.24, 2.45) is 0 Å². The molecule has 0 aliphatic carbocycles. The third kappa shape index (κ3) is 3.04. The van der Waals surface area contributed by atoms with Gasteiger partial charge in [-0.25, -0.2) is 9.97 Å². The Morgan fingerprint density at radius 1 is 1.32 bits per heavy atom. The summed E-state index contributed by atoms with van der Waals surface area (Å²) >= 11 is 0. The maximum Gasteiger partial charge on any atom is 0.159 e. The van der Waals surface area contributed by atoms with E-state index >= 15 is 0 Å². The van der Waals surface area contributed by atoms with Gasteiger partial charge in [0.2, 0.25) is 0 Å². The van der Waals surface area contributed by atoms with Gasteiger partial charge in [-0.1, -0.05) is 0 Å². The summed E-state index contributed by atoms with van der Waals surface area (Å²) in [5.41, 5.74) is 0. The number of piperazine rings is 1. The normalized spacial score (nSPS) is 26.5. The quantitative estimate of drug-likeness (QED) is 0.831. The van der Waals surface area contributed by atoms with Crippen LogP contribution >= 0.6 is 0 Å². The van der Waals surface area contributed by atoms with E-state index in [9.17, 15) is 0 Å². The Balaban J connectivity index is 2.25. The van der Waals surface area contributed by atoms with Crippen LogP contribution in [0.2, 0.25) is 0 Å². The smallest absolute Gasteiger partial charge is 0.159 e. The summed E-state index contributed by atoms with van der Waals surface area (Å²) in [5, 5.41) is 0. The van der Waals surface area contributed by atoms with Crippen molar-refractivity contribution in [1.29, 1.82) is 0 Å². The molecule has 0 saturated carbocycles. The summed E-state index contributed by atoms with van der Waals surface area (Å²) in [6.07, 6.45) is 1.75. The van der Waals surface area contributed by atoms with E-state index in [1.807, 2.05) is 19.2 Å². The molecular weight excluding hydrogens is 240 g/mol. The van der Waals surface area contributed by atoms with Crippen molar-refractivity contribution >= 4 is 5.82 Å². The molecule has 0 bridgehead atoms. The zero-order valence-electron chi connectivity index (χ0n) is 12.5. The van der Waals surface area contributed by atoms with Crippen molar-refractivity contribution in [1.82, 2.24) is 14.9 Å². The molecule has 0 N–H and O–H groups in total. The fourth-order valence-electron chi connectivity index (χ4n) is 2.85. The van der Waals surface area contributed by atoms with Gasteiger partial charge in [0.15, 0.2) is 5.82 Å². The van der Waals surface area contributed by atoms with Gasteiger partial charge in [-0.15, -0.1) is 0 Å². The number of rotatable bonds is 3. The number of anilines is 1. The van der Waals surface area contributed by atoms with Gasteiger partial charge in [-0.2, -0.15) is 0 Å². The van der Waals surface area contributed by atoms with Crippen LogP contribution in [0.4, 0.5) is 5.82 Å². The van der Waals surface area contributed by atoms with E-state index in [0.29, 0.717) is 12.1 Å². The van der Waals surface area contributed by atoms with Crippen molar-refractivity contribution in [3.63, 3.8) is 0 Å². The SMILES string of the molecule is COC(C)c1nccc(N2C(C)CN(C)CC2C)n1. The Morgan fingerprint density at radius 2 is 1.95 bits per heavy atom. The van der Waals surface area contributed by atoms with E-state index in [1.54, 1.807) is 7.11 Å². The first kappa shape index (κ1) is 14.2. The molecule has 0 radical (unpaired) electrons. The Kier molecular flexibility index (Phi) is 4.37. The highest BCUT2D eigenvalue weighted by Crippen LogP contribution is 2.23. The Morgan fingerprint density at radius 3 is 2.53 bits per heavy atom. The molecule has 5 heteroatoms. The molecule has 2 heterocycles. The second-order valence-electron chi connectivity index (χ2n) is 5.48. The fourth-order valence-corrected chi connectivity index (χ4v) is 2.85. The van der Waals surface area contributed by atoms with E-state index in [-0.39, 0.29) is 6.10 Å². The number of methoxy groups -OCH3 is 1. The monoisotopic (exact) mass is 264 g/mol. The molecular formula is C14H24N4O. The number of nitrogens with zero attached hydrogens (tertiary/aromatic N) is 4. The van der Waals surface area contributed by atoms with Crippen LogP contribution in [0.15, 0.2) is 12.3 Å². The van der Waals surface area contributed by atoms with E-state index < -0.39 is 0 Å². The van der Waals surface area contributed by atoms with Gasteiger partial charge in [0, 0.05) is 38.5 Å². The Labute approximate surface area is 115 Å². The molecule has 1 aliphatic heterocycles. The lowest BCUT2D eigenvalue weighted by atomic mass is 10.1. The van der Waals surface area contributed by atoms with E-state index in [4.69, 9.17) is 4.74 Å². The van der Waals surface area contributed by atoms with Gasteiger partial charge < -0.3 is 14.5 Å². The highest BCUT2D eigenvalue weighted by atomic mass is 16.5. The molecule has 1 fully saturated rings. The number of hydrogen-bond acceptors (Lipinski definition) is 5. The van der Waals surface area contributed by atoms with Crippen LogP contribution in [-0.2, 0) is 4.74 Å². The number of likely N-dealkylation sites (N-methyl/N-ethyl adjacent to an activating group) is 1. The summed E-state index contributed by atoms with van der Waals surface area (Å²) in [5.74, 6) is 1.75. The van der Waals surface area contributed by atoms with Crippen LogP contribution in [0, 0.1) is 0 Å².